The summed E-state index contributed by atoms with van der Waals surface area (Å²) in [4.78, 5) is 11.6. The van der Waals surface area contributed by atoms with E-state index < -0.39 is 0 Å². The van der Waals surface area contributed by atoms with E-state index in [4.69, 9.17) is 0 Å². The lowest BCUT2D eigenvalue weighted by molar-refractivity contribution is -0.128. The first kappa shape index (κ1) is 10.5. The van der Waals surface area contributed by atoms with Crippen molar-refractivity contribution < 1.29 is 4.79 Å². The van der Waals surface area contributed by atoms with Gasteiger partial charge < -0.3 is 10.6 Å². The second-order valence-corrected chi connectivity index (χ2v) is 4.48. The number of rotatable bonds is 4. The molecule has 1 aliphatic rings. The van der Waals surface area contributed by atoms with Gasteiger partial charge >= 0.3 is 0 Å². The molecule has 0 atom stereocenters. The highest BCUT2D eigenvalue weighted by molar-refractivity contribution is 5.80. The van der Waals surface area contributed by atoms with Crippen molar-refractivity contribution in [2.75, 3.05) is 13.1 Å². The number of carbonyl (C=O) groups excluding carboxylic acids is 1. The van der Waals surface area contributed by atoms with Crippen LogP contribution in [0.25, 0.3) is 0 Å². The van der Waals surface area contributed by atoms with Crippen LogP contribution in [0.4, 0.5) is 0 Å². The van der Waals surface area contributed by atoms with Crippen LogP contribution in [0, 0.1) is 5.92 Å². The third kappa shape index (κ3) is 2.99. The number of hydrogen-bond acceptors (Lipinski definition) is 2. The van der Waals surface area contributed by atoms with Gasteiger partial charge in [0.2, 0.25) is 5.91 Å². The van der Waals surface area contributed by atoms with Crippen LogP contribution in [0.5, 0.6) is 0 Å². The van der Waals surface area contributed by atoms with E-state index in [1.54, 1.807) is 0 Å². The molecule has 1 fully saturated rings. The van der Waals surface area contributed by atoms with Crippen molar-refractivity contribution >= 4 is 5.91 Å². The minimum atomic E-state index is -0.0403. The smallest absolute Gasteiger partial charge is 0.226 e. The van der Waals surface area contributed by atoms with Gasteiger partial charge in [0, 0.05) is 18.6 Å². The quantitative estimate of drug-likeness (QED) is 0.681. The lowest BCUT2D eigenvalue weighted by Gasteiger charge is -2.32. The Hall–Kier alpha value is -0.570. The zero-order valence-electron chi connectivity index (χ0n) is 8.81. The largest absolute Gasteiger partial charge is 0.351 e. The maximum Gasteiger partial charge on any atom is 0.226 e. The van der Waals surface area contributed by atoms with Crippen molar-refractivity contribution in [3.63, 3.8) is 0 Å². The van der Waals surface area contributed by atoms with Crippen LogP contribution in [-0.4, -0.2) is 24.5 Å². The molecule has 0 saturated carbocycles. The summed E-state index contributed by atoms with van der Waals surface area (Å²) in [5, 5.41) is 6.18. The van der Waals surface area contributed by atoms with Crippen LogP contribution in [0.3, 0.4) is 0 Å². The van der Waals surface area contributed by atoms with Gasteiger partial charge in [-0.3, -0.25) is 4.79 Å². The molecular formula is C10H20N2O. The number of hydrogen-bond donors (Lipinski definition) is 2. The van der Waals surface area contributed by atoms with Gasteiger partial charge in [0.15, 0.2) is 0 Å². The molecule has 0 spiro atoms. The zero-order valence-corrected chi connectivity index (χ0v) is 8.81. The Morgan fingerprint density at radius 1 is 1.54 bits per heavy atom. The molecule has 0 radical (unpaired) electrons. The average Bonchev–Trinajstić information content (AvgIpc) is 1.79. The van der Waals surface area contributed by atoms with E-state index in [2.05, 4.69) is 31.4 Å². The first-order valence-electron chi connectivity index (χ1n) is 5.08. The third-order valence-electron chi connectivity index (χ3n) is 2.49. The molecular weight excluding hydrogens is 164 g/mol. The van der Waals surface area contributed by atoms with E-state index in [-0.39, 0.29) is 17.4 Å². The minimum Gasteiger partial charge on any atom is -0.351 e. The highest BCUT2D eigenvalue weighted by atomic mass is 16.2. The van der Waals surface area contributed by atoms with Gasteiger partial charge in [-0.25, -0.2) is 0 Å². The highest BCUT2D eigenvalue weighted by Crippen LogP contribution is 2.13. The summed E-state index contributed by atoms with van der Waals surface area (Å²) in [6.07, 6.45) is 2.15. The fourth-order valence-electron chi connectivity index (χ4n) is 1.60. The predicted octanol–water partition coefficient (Wildman–Crippen LogP) is 0.901. The van der Waals surface area contributed by atoms with Gasteiger partial charge in [0.1, 0.15) is 0 Å². The standard InChI is InChI=1S/C10H20N2O/c1-4-5-10(2,3)12-9(13)8-6-11-7-8/h8,11H,4-7H2,1-3H3,(H,12,13). The Morgan fingerprint density at radius 3 is 2.54 bits per heavy atom. The first-order valence-corrected chi connectivity index (χ1v) is 5.08. The Kier molecular flexibility index (Phi) is 3.31. The number of carbonyl (C=O) groups is 1. The lowest BCUT2D eigenvalue weighted by Crippen LogP contribution is -2.55. The number of amides is 1. The predicted molar refractivity (Wildman–Crippen MR) is 53.5 cm³/mol. The average molecular weight is 184 g/mol. The molecule has 1 rings (SSSR count). The van der Waals surface area contributed by atoms with Crippen LogP contribution >= 0.6 is 0 Å². The molecule has 1 aliphatic heterocycles. The van der Waals surface area contributed by atoms with E-state index in [0.717, 1.165) is 25.9 Å². The van der Waals surface area contributed by atoms with E-state index in [0.29, 0.717) is 0 Å². The van der Waals surface area contributed by atoms with Gasteiger partial charge in [-0.2, -0.15) is 0 Å². The molecule has 0 aromatic heterocycles. The van der Waals surface area contributed by atoms with Crippen LogP contribution in [0.2, 0.25) is 0 Å². The maximum absolute atomic E-state index is 11.6. The molecule has 3 heteroatoms. The highest BCUT2D eigenvalue weighted by Gasteiger charge is 2.28. The summed E-state index contributed by atoms with van der Waals surface area (Å²) in [6.45, 7) is 7.99. The monoisotopic (exact) mass is 184 g/mol. The maximum atomic E-state index is 11.6. The second kappa shape index (κ2) is 4.09. The van der Waals surface area contributed by atoms with Gasteiger partial charge in [-0.15, -0.1) is 0 Å². The van der Waals surface area contributed by atoms with Crippen molar-refractivity contribution in [2.45, 2.75) is 39.2 Å². The topological polar surface area (TPSA) is 41.1 Å². The second-order valence-electron chi connectivity index (χ2n) is 4.48. The van der Waals surface area contributed by atoms with Crippen LogP contribution < -0.4 is 10.6 Å². The molecule has 0 aromatic carbocycles. The molecule has 2 N–H and O–H groups in total. The third-order valence-corrected chi connectivity index (χ3v) is 2.49. The summed E-state index contributed by atoms with van der Waals surface area (Å²) in [7, 11) is 0. The van der Waals surface area contributed by atoms with Crippen LogP contribution in [0.15, 0.2) is 0 Å². The number of nitrogens with one attached hydrogen (secondary N) is 2. The van der Waals surface area contributed by atoms with Crippen LogP contribution in [-0.2, 0) is 4.79 Å². The molecule has 3 nitrogen and oxygen atoms in total. The van der Waals surface area contributed by atoms with Gasteiger partial charge in [0.25, 0.3) is 0 Å². The molecule has 0 unspecified atom stereocenters. The van der Waals surface area contributed by atoms with Gasteiger partial charge in [-0.1, -0.05) is 13.3 Å². The molecule has 1 saturated heterocycles. The normalized spacial score (nSPS) is 18.1. The van der Waals surface area contributed by atoms with Crippen molar-refractivity contribution in [1.29, 1.82) is 0 Å². The summed E-state index contributed by atoms with van der Waals surface area (Å²) < 4.78 is 0. The Bertz CT molecular complexity index is 185. The Balaban J connectivity index is 2.32. The van der Waals surface area contributed by atoms with Crippen LogP contribution in [0.1, 0.15) is 33.6 Å². The summed E-state index contributed by atoms with van der Waals surface area (Å²) in [6, 6.07) is 0. The van der Waals surface area contributed by atoms with E-state index in [1.165, 1.54) is 0 Å². The molecule has 13 heavy (non-hydrogen) atoms. The van der Waals surface area contributed by atoms with E-state index >= 15 is 0 Å². The minimum absolute atomic E-state index is 0.0403. The van der Waals surface area contributed by atoms with Gasteiger partial charge in [0.05, 0.1) is 5.92 Å². The molecule has 0 aromatic rings. The summed E-state index contributed by atoms with van der Waals surface area (Å²) in [5.41, 5.74) is -0.0403. The summed E-state index contributed by atoms with van der Waals surface area (Å²) in [5.74, 6) is 0.410. The molecule has 76 valence electrons. The zero-order chi connectivity index (χ0) is 9.90. The van der Waals surface area contributed by atoms with Crippen molar-refractivity contribution in [3.05, 3.63) is 0 Å². The van der Waals surface area contributed by atoms with Crippen molar-refractivity contribution in [2.24, 2.45) is 5.92 Å². The van der Waals surface area contributed by atoms with E-state index in [9.17, 15) is 4.79 Å². The van der Waals surface area contributed by atoms with Gasteiger partial charge in [-0.05, 0) is 20.3 Å². The SMILES string of the molecule is CCCC(C)(C)NC(=O)C1CNC1. The lowest BCUT2D eigenvalue weighted by atomic mass is 9.95. The molecule has 1 heterocycles. The molecule has 0 aliphatic carbocycles. The first-order chi connectivity index (χ1) is 6.05. The fourth-order valence-corrected chi connectivity index (χ4v) is 1.60. The Labute approximate surface area is 80.3 Å². The fraction of sp³-hybridized carbons (Fsp3) is 0.900. The summed E-state index contributed by atoms with van der Waals surface area (Å²) >= 11 is 0. The molecule has 1 amide bonds. The molecule has 0 bridgehead atoms. The van der Waals surface area contributed by atoms with E-state index in [1.807, 2.05) is 0 Å². The van der Waals surface area contributed by atoms with Crippen molar-refractivity contribution in [1.82, 2.24) is 10.6 Å². The van der Waals surface area contributed by atoms with Crippen molar-refractivity contribution in [3.8, 4) is 0 Å². The Morgan fingerprint density at radius 2 is 2.15 bits per heavy atom.